The van der Waals surface area contributed by atoms with Crippen LogP contribution < -0.4 is 10.6 Å². The third-order valence-electron chi connectivity index (χ3n) is 8.72. The van der Waals surface area contributed by atoms with E-state index in [1.807, 2.05) is 48.5 Å². The van der Waals surface area contributed by atoms with Gasteiger partial charge in [0.05, 0.1) is 13.2 Å². The molecule has 230 valence electrons. The van der Waals surface area contributed by atoms with Crippen molar-refractivity contribution >= 4 is 18.0 Å². The number of hydrogen-bond donors (Lipinski definition) is 2. The lowest BCUT2D eigenvalue weighted by Crippen LogP contribution is -2.54. The second-order valence-corrected chi connectivity index (χ2v) is 11.6. The summed E-state index contributed by atoms with van der Waals surface area (Å²) in [5.74, 6) is -1.23. The smallest absolute Gasteiger partial charge is 0.407 e. The van der Waals surface area contributed by atoms with Crippen molar-refractivity contribution in [3.63, 3.8) is 0 Å². The molecule has 0 saturated carbocycles. The van der Waals surface area contributed by atoms with Crippen LogP contribution in [0.15, 0.2) is 97.1 Å². The predicted molar refractivity (Wildman–Crippen MR) is 173 cm³/mol. The number of benzene rings is 4. The van der Waals surface area contributed by atoms with Gasteiger partial charge in [0.2, 0.25) is 0 Å². The maximum atomic E-state index is 13.2. The molecule has 2 N–H and O–H groups in total. The van der Waals surface area contributed by atoms with Crippen LogP contribution in [0.1, 0.15) is 46.3 Å². The summed E-state index contributed by atoms with van der Waals surface area (Å²) in [6, 6.07) is 29.9. The van der Waals surface area contributed by atoms with Gasteiger partial charge in [-0.2, -0.15) is 0 Å². The molecule has 0 spiro atoms. The van der Waals surface area contributed by atoms with Crippen molar-refractivity contribution in [2.75, 3.05) is 26.8 Å². The summed E-state index contributed by atoms with van der Waals surface area (Å²) < 4.78 is 10.6. The number of hydrogen-bond acceptors (Lipinski definition) is 6. The third-order valence-corrected chi connectivity index (χ3v) is 8.72. The summed E-state index contributed by atoms with van der Waals surface area (Å²) in [5, 5.41) is 5.42. The van der Waals surface area contributed by atoms with Crippen LogP contribution in [0.25, 0.3) is 22.3 Å². The summed E-state index contributed by atoms with van der Waals surface area (Å²) in [7, 11) is 1.24. The van der Waals surface area contributed by atoms with Crippen LogP contribution in [0.3, 0.4) is 0 Å². The van der Waals surface area contributed by atoms with Crippen LogP contribution in [0.5, 0.6) is 0 Å². The molecule has 1 aliphatic heterocycles. The molecule has 6 rings (SSSR count). The Morgan fingerprint density at radius 2 is 1.38 bits per heavy atom. The molecule has 1 aliphatic carbocycles. The van der Waals surface area contributed by atoms with E-state index in [4.69, 9.17) is 9.47 Å². The highest BCUT2D eigenvalue weighted by Gasteiger charge is 2.32. The van der Waals surface area contributed by atoms with Crippen LogP contribution in [0.2, 0.25) is 0 Å². The zero-order valence-corrected chi connectivity index (χ0v) is 25.5. The molecule has 0 unspecified atom stereocenters. The van der Waals surface area contributed by atoms with Crippen molar-refractivity contribution in [2.45, 2.75) is 37.9 Å². The van der Waals surface area contributed by atoms with Gasteiger partial charge in [0.15, 0.2) is 0 Å². The summed E-state index contributed by atoms with van der Waals surface area (Å²) in [6.45, 7) is 5.04. The Hall–Kier alpha value is -4.95. The number of likely N-dealkylation sites (tertiary alicyclic amines) is 1. The highest BCUT2D eigenvalue weighted by molar-refractivity contribution is 5.97. The molecule has 1 saturated heterocycles. The van der Waals surface area contributed by atoms with Crippen molar-refractivity contribution in [2.24, 2.45) is 0 Å². The van der Waals surface area contributed by atoms with Crippen LogP contribution in [0.4, 0.5) is 4.79 Å². The van der Waals surface area contributed by atoms with Crippen molar-refractivity contribution in [3.05, 3.63) is 119 Å². The van der Waals surface area contributed by atoms with Crippen molar-refractivity contribution in [1.82, 2.24) is 15.5 Å². The van der Waals surface area contributed by atoms with E-state index in [1.54, 1.807) is 19.1 Å². The van der Waals surface area contributed by atoms with E-state index < -0.39 is 30.1 Å². The number of rotatable bonds is 10. The van der Waals surface area contributed by atoms with Gasteiger partial charge in [0.1, 0.15) is 12.6 Å². The van der Waals surface area contributed by atoms with Crippen LogP contribution in [0, 0.1) is 0 Å². The molecular formula is C37H37N3O5. The van der Waals surface area contributed by atoms with Gasteiger partial charge < -0.3 is 20.1 Å². The Labute approximate surface area is 263 Å². The monoisotopic (exact) mass is 603 g/mol. The SMILES string of the molecule is COC(=O)[C@@H](NC(=O)c1ccc(-c2ccc(CN3CCC3)cc2)cc1)[C@@H](C)NC(=O)OCC1c2ccccc2-c2ccccc21. The molecule has 2 aliphatic rings. The summed E-state index contributed by atoms with van der Waals surface area (Å²) in [5.41, 5.74) is 8.17. The Balaban J connectivity index is 1.06. The van der Waals surface area contributed by atoms with Crippen molar-refractivity contribution in [1.29, 1.82) is 0 Å². The van der Waals surface area contributed by atoms with Crippen LogP contribution in [-0.2, 0) is 20.8 Å². The maximum Gasteiger partial charge on any atom is 0.407 e. The number of amides is 2. The van der Waals surface area contributed by atoms with E-state index in [0.717, 1.165) is 53.0 Å². The number of nitrogens with zero attached hydrogens (tertiary/aromatic N) is 1. The first-order valence-corrected chi connectivity index (χ1v) is 15.3. The molecule has 0 bridgehead atoms. The number of esters is 1. The van der Waals surface area contributed by atoms with Gasteiger partial charge in [-0.1, -0.05) is 84.9 Å². The minimum atomic E-state index is -1.12. The summed E-state index contributed by atoms with van der Waals surface area (Å²) in [6.07, 6.45) is 0.583. The highest BCUT2D eigenvalue weighted by atomic mass is 16.5. The van der Waals surface area contributed by atoms with E-state index in [-0.39, 0.29) is 12.5 Å². The maximum absolute atomic E-state index is 13.2. The number of nitrogens with one attached hydrogen (secondary N) is 2. The minimum Gasteiger partial charge on any atom is -0.467 e. The fourth-order valence-corrected chi connectivity index (χ4v) is 6.06. The lowest BCUT2D eigenvalue weighted by atomic mass is 9.98. The van der Waals surface area contributed by atoms with Gasteiger partial charge >= 0.3 is 12.1 Å². The third kappa shape index (κ3) is 6.61. The van der Waals surface area contributed by atoms with E-state index >= 15 is 0 Å². The molecule has 0 aromatic heterocycles. The van der Waals surface area contributed by atoms with Gasteiger partial charge in [-0.05, 0) is 77.5 Å². The van der Waals surface area contributed by atoms with Gasteiger partial charge in [0, 0.05) is 18.0 Å². The van der Waals surface area contributed by atoms with Crippen molar-refractivity contribution in [3.8, 4) is 22.3 Å². The van der Waals surface area contributed by atoms with Gasteiger partial charge in [-0.15, -0.1) is 0 Å². The second kappa shape index (κ2) is 13.4. The molecule has 0 radical (unpaired) electrons. The average molecular weight is 604 g/mol. The number of carbonyl (C=O) groups is 3. The number of carbonyl (C=O) groups excluding carboxylic acids is 3. The largest absolute Gasteiger partial charge is 0.467 e. The summed E-state index contributed by atoms with van der Waals surface area (Å²) >= 11 is 0. The lowest BCUT2D eigenvalue weighted by Gasteiger charge is -2.30. The summed E-state index contributed by atoms with van der Waals surface area (Å²) in [4.78, 5) is 41.1. The number of fused-ring (bicyclic) bond motifs is 3. The first-order chi connectivity index (χ1) is 21.9. The molecular weight excluding hydrogens is 566 g/mol. The zero-order valence-electron chi connectivity index (χ0n) is 25.5. The Bertz CT molecular complexity index is 1640. The Kier molecular flexibility index (Phi) is 8.93. The molecule has 8 heteroatoms. The number of alkyl carbamates (subject to hydrolysis) is 1. The van der Waals surface area contributed by atoms with Gasteiger partial charge in [0.25, 0.3) is 5.91 Å². The van der Waals surface area contributed by atoms with E-state index in [1.165, 1.54) is 19.1 Å². The average Bonchev–Trinajstić information content (AvgIpc) is 3.37. The van der Waals surface area contributed by atoms with E-state index in [9.17, 15) is 14.4 Å². The quantitative estimate of drug-likeness (QED) is 0.224. The topological polar surface area (TPSA) is 97.0 Å². The highest BCUT2D eigenvalue weighted by Crippen LogP contribution is 2.44. The fourth-order valence-electron chi connectivity index (χ4n) is 6.06. The molecule has 1 fully saturated rings. The van der Waals surface area contributed by atoms with Gasteiger partial charge in [-0.3, -0.25) is 9.69 Å². The molecule has 4 aromatic rings. The molecule has 2 amide bonds. The minimum absolute atomic E-state index is 0.0965. The standard InChI is InChI=1S/C37H37N3O5/c1-24(38-37(43)45-23-33-31-10-5-3-8-29(31)30-9-4-6-11-32(30)33)34(36(42)44-2)39-35(41)28-18-16-27(17-19-28)26-14-12-25(13-15-26)22-40-20-7-21-40/h3-6,8-19,24,33-34H,7,20-23H2,1-2H3,(H,38,43)(H,39,41)/t24-,34+/m1/s1. The van der Waals surface area contributed by atoms with Crippen LogP contribution in [-0.4, -0.2) is 61.8 Å². The van der Waals surface area contributed by atoms with Gasteiger partial charge in [-0.25, -0.2) is 9.59 Å². The molecule has 4 aromatic carbocycles. The first kappa shape index (κ1) is 30.1. The van der Waals surface area contributed by atoms with E-state index in [0.29, 0.717) is 5.56 Å². The molecule has 2 atom stereocenters. The number of ether oxygens (including phenoxy) is 2. The first-order valence-electron chi connectivity index (χ1n) is 15.3. The van der Waals surface area contributed by atoms with Crippen LogP contribution >= 0.6 is 0 Å². The Morgan fingerprint density at radius 3 is 1.93 bits per heavy atom. The lowest BCUT2D eigenvalue weighted by molar-refractivity contribution is -0.143. The molecule has 1 heterocycles. The zero-order chi connectivity index (χ0) is 31.3. The molecule has 45 heavy (non-hydrogen) atoms. The predicted octanol–water partition coefficient (Wildman–Crippen LogP) is 5.76. The number of methoxy groups -OCH3 is 1. The second-order valence-electron chi connectivity index (χ2n) is 11.6. The van der Waals surface area contributed by atoms with Crippen molar-refractivity contribution < 1.29 is 23.9 Å². The fraction of sp³-hybridized carbons (Fsp3) is 0.270. The molecule has 8 nitrogen and oxygen atoms in total. The Morgan fingerprint density at radius 1 is 0.800 bits per heavy atom. The normalized spacial score (nSPS) is 15.2. The van der Waals surface area contributed by atoms with E-state index in [2.05, 4.69) is 51.9 Å².